The summed E-state index contributed by atoms with van der Waals surface area (Å²) in [6.45, 7) is 4.06. The zero-order chi connectivity index (χ0) is 12.1. The molecule has 0 aliphatic rings. The molecule has 88 valence electrons. The summed E-state index contributed by atoms with van der Waals surface area (Å²) in [6.07, 6.45) is 0.930. The molecule has 1 rings (SSSR count). The smallest absolute Gasteiger partial charge is 0.321 e. The number of hydrogen-bond acceptors (Lipinski definition) is 1. The zero-order valence-electron chi connectivity index (χ0n) is 9.83. The summed E-state index contributed by atoms with van der Waals surface area (Å²) in [6, 6.07) is 7.23. The molecule has 0 radical (unpaired) electrons. The van der Waals surface area contributed by atoms with Crippen LogP contribution in [0.5, 0.6) is 0 Å². The van der Waals surface area contributed by atoms with Gasteiger partial charge >= 0.3 is 6.03 Å². The Morgan fingerprint density at radius 1 is 1.56 bits per heavy atom. The van der Waals surface area contributed by atoms with Crippen LogP contribution >= 0.6 is 11.6 Å². The Hall–Kier alpha value is -1.22. The highest BCUT2D eigenvalue weighted by Gasteiger charge is 2.13. The first-order chi connectivity index (χ1) is 7.54. The third kappa shape index (κ3) is 3.42. The molecule has 0 saturated carbocycles. The Labute approximate surface area is 101 Å². The van der Waals surface area contributed by atoms with E-state index >= 15 is 0 Å². The normalized spacial score (nSPS) is 12.0. The number of halogens is 1. The van der Waals surface area contributed by atoms with E-state index in [9.17, 15) is 4.79 Å². The maximum absolute atomic E-state index is 11.8. The number of amides is 2. The first kappa shape index (κ1) is 12.8. The topological polar surface area (TPSA) is 32.3 Å². The number of nitrogens with zero attached hydrogens (tertiary/aromatic N) is 1. The summed E-state index contributed by atoms with van der Waals surface area (Å²) in [5.41, 5.74) is 0.715. The Bertz CT molecular complexity index is 368. The van der Waals surface area contributed by atoms with Crippen LogP contribution in [-0.4, -0.2) is 24.0 Å². The van der Waals surface area contributed by atoms with Gasteiger partial charge in [0.05, 0.1) is 0 Å². The number of anilines is 1. The van der Waals surface area contributed by atoms with E-state index in [-0.39, 0.29) is 12.1 Å². The molecule has 1 N–H and O–H groups in total. The van der Waals surface area contributed by atoms with Gasteiger partial charge in [-0.2, -0.15) is 0 Å². The van der Waals surface area contributed by atoms with Crippen molar-refractivity contribution in [3.63, 3.8) is 0 Å². The van der Waals surface area contributed by atoms with Gasteiger partial charge in [0.2, 0.25) is 0 Å². The van der Waals surface area contributed by atoms with Crippen molar-refractivity contribution in [2.75, 3.05) is 12.4 Å². The Morgan fingerprint density at radius 2 is 2.25 bits per heavy atom. The third-order valence-corrected chi connectivity index (χ3v) is 2.88. The first-order valence-electron chi connectivity index (χ1n) is 5.34. The minimum atomic E-state index is -0.114. The van der Waals surface area contributed by atoms with Gasteiger partial charge in [0.1, 0.15) is 0 Å². The predicted molar refractivity (Wildman–Crippen MR) is 68.0 cm³/mol. The van der Waals surface area contributed by atoms with Crippen molar-refractivity contribution in [1.82, 2.24) is 4.90 Å². The highest BCUT2D eigenvalue weighted by molar-refractivity contribution is 6.30. The van der Waals surface area contributed by atoms with Gasteiger partial charge in [-0.05, 0) is 31.5 Å². The number of nitrogens with one attached hydrogen (secondary N) is 1. The van der Waals surface area contributed by atoms with Crippen LogP contribution in [0.3, 0.4) is 0 Å². The quantitative estimate of drug-likeness (QED) is 0.860. The standard InChI is InChI=1S/C12H17ClN2O/c1-4-9(2)15(3)12(16)14-11-7-5-6-10(13)8-11/h5-9H,4H2,1-3H3,(H,14,16)/t9-/m0/s1. The van der Waals surface area contributed by atoms with Crippen molar-refractivity contribution in [2.45, 2.75) is 26.3 Å². The van der Waals surface area contributed by atoms with E-state index in [0.717, 1.165) is 6.42 Å². The number of rotatable bonds is 3. The van der Waals surface area contributed by atoms with Gasteiger partial charge in [-0.15, -0.1) is 0 Å². The molecular weight excluding hydrogens is 224 g/mol. The summed E-state index contributed by atoms with van der Waals surface area (Å²) in [5.74, 6) is 0. The third-order valence-electron chi connectivity index (χ3n) is 2.65. The van der Waals surface area contributed by atoms with E-state index in [1.165, 1.54) is 0 Å². The molecule has 4 heteroatoms. The Kier molecular flexibility index (Phi) is 4.62. The van der Waals surface area contributed by atoms with Gasteiger partial charge < -0.3 is 10.2 Å². The van der Waals surface area contributed by atoms with Gasteiger partial charge in [-0.3, -0.25) is 0 Å². The molecule has 1 atom stereocenters. The fourth-order valence-electron chi connectivity index (χ4n) is 1.25. The van der Waals surface area contributed by atoms with Crippen LogP contribution in [0, 0.1) is 0 Å². The lowest BCUT2D eigenvalue weighted by Gasteiger charge is -2.24. The minimum absolute atomic E-state index is 0.114. The van der Waals surface area contributed by atoms with E-state index in [0.29, 0.717) is 10.7 Å². The molecule has 0 bridgehead atoms. The minimum Gasteiger partial charge on any atom is -0.325 e. The molecule has 1 aromatic rings. The van der Waals surface area contributed by atoms with Crippen molar-refractivity contribution >= 4 is 23.3 Å². The molecule has 3 nitrogen and oxygen atoms in total. The number of carbonyl (C=O) groups excluding carboxylic acids is 1. The van der Waals surface area contributed by atoms with Crippen LogP contribution in [0.2, 0.25) is 5.02 Å². The second-order valence-electron chi connectivity index (χ2n) is 3.81. The maximum Gasteiger partial charge on any atom is 0.321 e. The molecular formula is C12H17ClN2O. The van der Waals surface area contributed by atoms with Gasteiger partial charge in [-0.1, -0.05) is 24.6 Å². The molecule has 0 aromatic heterocycles. The van der Waals surface area contributed by atoms with Crippen LogP contribution in [0.25, 0.3) is 0 Å². The second-order valence-corrected chi connectivity index (χ2v) is 4.25. The largest absolute Gasteiger partial charge is 0.325 e. The summed E-state index contributed by atoms with van der Waals surface area (Å²) >= 11 is 5.83. The highest BCUT2D eigenvalue weighted by Crippen LogP contribution is 2.15. The molecule has 0 aliphatic heterocycles. The summed E-state index contributed by atoms with van der Waals surface area (Å²) in [4.78, 5) is 13.5. The van der Waals surface area contributed by atoms with Crippen LogP contribution in [0.15, 0.2) is 24.3 Å². The summed E-state index contributed by atoms with van der Waals surface area (Å²) < 4.78 is 0. The summed E-state index contributed by atoms with van der Waals surface area (Å²) in [5, 5.41) is 3.42. The van der Waals surface area contributed by atoms with E-state index in [4.69, 9.17) is 11.6 Å². The van der Waals surface area contributed by atoms with Crippen molar-refractivity contribution in [3.05, 3.63) is 29.3 Å². The van der Waals surface area contributed by atoms with Crippen LogP contribution in [-0.2, 0) is 0 Å². The lowest BCUT2D eigenvalue weighted by atomic mass is 10.2. The molecule has 0 fully saturated rings. The molecule has 2 amide bonds. The molecule has 0 unspecified atom stereocenters. The first-order valence-corrected chi connectivity index (χ1v) is 5.71. The molecule has 0 heterocycles. The summed E-state index contributed by atoms with van der Waals surface area (Å²) in [7, 11) is 1.79. The van der Waals surface area contributed by atoms with Crippen LogP contribution in [0.4, 0.5) is 10.5 Å². The zero-order valence-corrected chi connectivity index (χ0v) is 10.6. The van der Waals surface area contributed by atoms with E-state index < -0.39 is 0 Å². The average Bonchev–Trinajstić information content (AvgIpc) is 2.27. The van der Waals surface area contributed by atoms with E-state index in [1.807, 2.05) is 19.9 Å². The van der Waals surface area contributed by atoms with Gasteiger partial charge in [-0.25, -0.2) is 4.79 Å². The molecule has 16 heavy (non-hydrogen) atoms. The maximum atomic E-state index is 11.8. The Balaban J connectivity index is 2.64. The Morgan fingerprint density at radius 3 is 2.81 bits per heavy atom. The van der Waals surface area contributed by atoms with Gasteiger partial charge in [0.15, 0.2) is 0 Å². The lowest BCUT2D eigenvalue weighted by molar-refractivity contribution is 0.206. The number of urea groups is 1. The number of carbonyl (C=O) groups is 1. The lowest BCUT2D eigenvalue weighted by Crippen LogP contribution is -2.37. The van der Waals surface area contributed by atoms with Crippen molar-refractivity contribution in [2.24, 2.45) is 0 Å². The SMILES string of the molecule is CC[C@H](C)N(C)C(=O)Nc1cccc(Cl)c1. The predicted octanol–water partition coefficient (Wildman–Crippen LogP) is 3.60. The number of benzene rings is 1. The van der Waals surface area contributed by atoms with Crippen molar-refractivity contribution < 1.29 is 4.79 Å². The van der Waals surface area contributed by atoms with Crippen molar-refractivity contribution in [1.29, 1.82) is 0 Å². The molecule has 0 spiro atoms. The van der Waals surface area contributed by atoms with Crippen molar-refractivity contribution in [3.8, 4) is 0 Å². The average molecular weight is 241 g/mol. The molecule has 0 saturated heterocycles. The van der Waals surface area contributed by atoms with Gasteiger partial charge in [0.25, 0.3) is 0 Å². The molecule has 0 aliphatic carbocycles. The fourth-order valence-corrected chi connectivity index (χ4v) is 1.44. The van der Waals surface area contributed by atoms with E-state index in [1.54, 1.807) is 30.1 Å². The number of hydrogen-bond donors (Lipinski definition) is 1. The van der Waals surface area contributed by atoms with E-state index in [2.05, 4.69) is 5.32 Å². The second kappa shape index (κ2) is 5.75. The fraction of sp³-hybridized carbons (Fsp3) is 0.417. The highest BCUT2D eigenvalue weighted by atomic mass is 35.5. The molecule has 1 aromatic carbocycles. The monoisotopic (exact) mass is 240 g/mol. The van der Waals surface area contributed by atoms with Crippen LogP contribution in [0.1, 0.15) is 20.3 Å². The van der Waals surface area contributed by atoms with Crippen LogP contribution < -0.4 is 5.32 Å². The van der Waals surface area contributed by atoms with Gasteiger partial charge in [0, 0.05) is 23.8 Å².